The number of esters is 1. The van der Waals surface area contributed by atoms with Gasteiger partial charge in [0.15, 0.2) is 0 Å². The number of hydrogen-bond acceptors (Lipinski definition) is 3. The van der Waals surface area contributed by atoms with Crippen molar-refractivity contribution in [3.63, 3.8) is 0 Å². The molecule has 1 N–H and O–H groups in total. The van der Waals surface area contributed by atoms with Crippen molar-refractivity contribution in [2.45, 2.75) is 83.7 Å². The van der Waals surface area contributed by atoms with E-state index in [9.17, 15) is 4.79 Å². The zero-order valence-electron chi connectivity index (χ0n) is 12.8. The molecule has 2 fully saturated rings. The highest BCUT2D eigenvalue weighted by Gasteiger charge is 2.48. The molecule has 19 heavy (non-hydrogen) atoms. The zero-order valence-corrected chi connectivity index (χ0v) is 12.8. The smallest absolute Gasteiger partial charge is 0.326 e. The molecule has 2 saturated carbocycles. The molecule has 2 aliphatic carbocycles. The maximum Gasteiger partial charge on any atom is 0.326 e. The van der Waals surface area contributed by atoms with Crippen molar-refractivity contribution >= 4 is 5.97 Å². The quantitative estimate of drug-likeness (QED) is 0.793. The second-order valence-electron chi connectivity index (χ2n) is 6.81. The zero-order chi connectivity index (χ0) is 13.9. The molecule has 0 aromatic rings. The largest absolute Gasteiger partial charge is 0.465 e. The van der Waals surface area contributed by atoms with Gasteiger partial charge in [-0.1, -0.05) is 12.8 Å². The van der Waals surface area contributed by atoms with Gasteiger partial charge in [-0.2, -0.15) is 0 Å². The summed E-state index contributed by atoms with van der Waals surface area (Å²) in [6.45, 7) is 6.59. The molecule has 2 rings (SSSR count). The van der Waals surface area contributed by atoms with Gasteiger partial charge in [-0.25, -0.2) is 0 Å². The first-order valence-corrected chi connectivity index (χ1v) is 7.97. The molecule has 1 spiro atoms. The molecule has 0 amide bonds. The van der Waals surface area contributed by atoms with Gasteiger partial charge in [0.1, 0.15) is 5.54 Å². The third-order valence-electron chi connectivity index (χ3n) is 5.06. The van der Waals surface area contributed by atoms with Crippen LogP contribution in [0.2, 0.25) is 0 Å². The summed E-state index contributed by atoms with van der Waals surface area (Å²) in [4.78, 5) is 12.4. The molecular formula is C16H29NO2. The van der Waals surface area contributed by atoms with E-state index in [0.717, 1.165) is 12.8 Å². The minimum Gasteiger partial charge on any atom is -0.465 e. The summed E-state index contributed by atoms with van der Waals surface area (Å²) in [6, 6.07) is 0.321. The van der Waals surface area contributed by atoms with Crippen LogP contribution in [0, 0.1) is 5.41 Å². The van der Waals surface area contributed by atoms with Gasteiger partial charge in [-0.15, -0.1) is 0 Å². The number of rotatable bonds is 4. The van der Waals surface area contributed by atoms with Crippen molar-refractivity contribution in [2.75, 3.05) is 6.61 Å². The van der Waals surface area contributed by atoms with Crippen molar-refractivity contribution in [1.82, 2.24) is 5.32 Å². The van der Waals surface area contributed by atoms with Crippen molar-refractivity contribution in [1.29, 1.82) is 0 Å². The molecule has 0 aromatic carbocycles. The summed E-state index contributed by atoms with van der Waals surface area (Å²) in [5, 5.41) is 3.51. The van der Waals surface area contributed by atoms with Crippen LogP contribution in [-0.2, 0) is 9.53 Å². The highest BCUT2D eigenvalue weighted by molar-refractivity contribution is 5.81. The van der Waals surface area contributed by atoms with Crippen LogP contribution < -0.4 is 5.32 Å². The summed E-state index contributed by atoms with van der Waals surface area (Å²) in [6.07, 6.45) is 9.76. The van der Waals surface area contributed by atoms with Crippen LogP contribution in [-0.4, -0.2) is 24.2 Å². The lowest BCUT2D eigenvalue weighted by Gasteiger charge is -2.44. The first-order chi connectivity index (χ1) is 9.02. The van der Waals surface area contributed by atoms with E-state index < -0.39 is 5.54 Å². The van der Waals surface area contributed by atoms with E-state index in [1.165, 1.54) is 38.5 Å². The van der Waals surface area contributed by atoms with Crippen LogP contribution in [0.15, 0.2) is 0 Å². The second kappa shape index (κ2) is 5.82. The van der Waals surface area contributed by atoms with Crippen molar-refractivity contribution in [3.05, 3.63) is 0 Å². The standard InChI is InChI=1S/C16H29NO2/c1-4-19-14(18)16(17-13(2)3)11-9-15(10-12-16)7-5-6-8-15/h13,17H,4-12H2,1-3H3. The molecule has 0 aliphatic heterocycles. The summed E-state index contributed by atoms with van der Waals surface area (Å²) in [5.41, 5.74) is 0.132. The molecule has 2 aliphatic rings. The number of ether oxygens (including phenoxy) is 1. The number of hydrogen-bond donors (Lipinski definition) is 1. The Labute approximate surface area is 117 Å². The fraction of sp³-hybridized carbons (Fsp3) is 0.938. The molecule has 0 unspecified atom stereocenters. The highest BCUT2D eigenvalue weighted by Crippen LogP contribution is 2.51. The summed E-state index contributed by atoms with van der Waals surface area (Å²) in [7, 11) is 0. The van der Waals surface area contributed by atoms with E-state index in [0.29, 0.717) is 18.1 Å². The Morgan fingerprint density at radius 1 is 1.11 bits per heavy atom. The average Bonchev–Trinajstić information content (AvgIpc) is 2.81. The summed E-state index contributed by atoms with van der Waals surface area (Å²) < 4.78 is 5.34. The number of nitrogens with one attached hydrogen (secondary N) is 1. The lowest BCUT2D eigenvalue weighted by Crippen LogP contribution is -2.58. The third-order valence-corrected chi connectivity index (χ3v) is 5.06. The van der Waals surface area contributed by atoms with Gasteiger partial charge in [0.25, 0.3) is 0 Å². The molecule has 0 aromatic heterocycles. The molecule has 0 atom stereocenters. The van der Waals surface area contributed by atoms with Gasteiger partial charge in [0, 0.05) is 6.04 Å². The minimum atomic E-state index is -0.419. The van der Waals surface area contributed by atoms with E-state index >= 15 is 0 Å². The van der Waals surface area contributed by atoms with E-state index in [4.69, 9.17) is 4.74 Å². The van der Waals surface area contributed by atoms with E-state index in [1.54, 1.807) is 0 Å². The van der Waals surface area contributed by atoms with Gasteiger partial charge < -0.3 is 4.74 Å². The maximum absolute atomic E-state index is 12.4. The SMILES string of the molecule is CCOC(=O)C1(NC(C)C)CCC2(CCCC2)CC1. The molecule has 0 bridgehead atoms. The van der Waals surface area contributed by atoms with E-state index in [1.807, 2.05) is 6.92 Å². The van der Waals surface area contributed by atoms with Gasteiger partial charge in [-0.05, 0) is 64.7 Å². The number of carbonyl (C=O) groups is 1. The van der Waals surface area contributed by atoms with Gasteiger partial charge in [-0.3, -0.25) is 10.1 Å². The molecule has 110 valence electrons. The first-order valence-electron chi connectivity index (χ1n) is 7.97. The van der Waals surface area contributed by atoms with E-state index in [-0.39, 0.29) is 5.97 Å². The first kappa shape index (κ1) is 14.8. The Morgan fingerprint density at radius 2 is 1.68 bits per heavy atom. The Hall–Kier alpha value is -0.570. The van der Waals surface area contributed by atoms with Crippen molar-refractivity contribution in [2.24, 2.45) is 5.41 Å². The molecule has 0 heterocycles. The minimum absolute atomic E-state index is 0.0310. The van der Waals surface area contributed by atoms with Gasteiger partial charge >= 0.3 is 5.97 Å². The summed E-state index contributed by atoms with van der Waals surface area (Å²) >= 11 is 0. The Morgan fingerprint density at radius 3 is 2.16 bits per heavy atom. The molecule has 0 saturated heterocycles. The Bertz CT molecular complexity index is 309. The predicted octanol–water partition coefficient (Wildman–Crippen LogP) is 3.42. The van der Waals surface area contributed by atoms with Crippen LogP contribution in [0.25, 0.3) is 0 Å². The molecule has 3 heteroatoms. The highest BCUT2D eigenvalue weighted by atomic mass is 16.5. The van der Waals surface area contributed by atoms with Crippen LogP contribution in [0.4, 0.5) is 0 Å². The lowest BCUT2D eigenvalue weighted by atomic mass is 9.66. The lowest BCUT2D eigenvalue weighted by molar-refractivity contribution is -0.154. The molecular weight excluding hydrogens is 238 g/mol. The Balaban J connectivity index is 2.06. The van der Waals surface area contributed by atoms with E-state index in [2.05, 4.69) is 19.2 Å². The summed E-state index contributed by atoms with van der Waals surface area (Å²) in [5.74, 6) is -0.0310. The third kappa shape index (κ3) is 3.13. The molecule has 0 radical (unpaired) electrons. The monoisotopic (exact) mass is 267 g/mol. The fourth-order valence-corrected chi connectivity index (χ4v) is 4.06. The van der Waals surface area contributed by atoms with Crippen LogP contribution in [0.5, 0.6) is 0 Å². The van der Waals surface area contributed by atoms with Gasteiger partial charge in [0.05, 0.1) is 6.61 Å². The Kier molecular flexibility index (Phi) is 4.54. The fourth-order valence-electron chi connectivity index (χ4n) is 4.06. The topological polar surface area (TPSA) is 38.3 Å². The number of carbonyl (C=O) groups excluding carboxylic acids is 1. The maximum atomic E-state index is 12.4. The van der Waals surface area contributed by atoms with Crippen molar-refractivity contribution in [3.8, 4) is 0 Å². The van der Waals surface area contributed by atoms with Crippen molar-refractivity contribution < 1.29 is 9.53 Å². The second-order valence-corrected chi connectivity index (χ2v) is 6.81. The molecule has 3 nitrogen and oxygen atoms in total. The average molecular weight is 267 g/mol. The van der Waals surface area contributed by atoms with Crippen LogP contribution in [0.3, 0.4) is 0 Å². The van der Waals surface area contributed by atoms with Crippen LogP contribution in [0.1, 0.15) is 72.1 Å². The van der Waals surface area contributed by atoms with Crippen LogP contribution >= 0.6 is 0 Å². The normalized spacial score (nSPS) is 24.8. The predicted molar refractivity (Wildman–Crippen MR) is 77.0 cm³/mol. The van der Waals surface area contributed by atoms with Gasteiger partial charge in [0.2, 0.25) is 0 Å².